The van der Waals surface area contributed by atoms with Crippen LogP contribution in [0.25, 0.3) is 0 Å². The van der Waals surface area contributed by atoms with E-state index in [1.54, 1.807) is 24.3 Å². The number of nitrogens with one attached hydrogen (secondary N) is 1. The number of hydrogen-bond donors (Lipinski definition) is 2. The lowest BCUT2D eigenvalue weighted by atomic mass is 9.93. The number of rotatable bonds is 5. The topological polar surface area (TPSA) is 75.4 Å². The van der Waals surface area contributed by atoms with Gasteiger partial charge in [-0.15, -0.1) is 0 Å². The van der Waals surface area contributed by atoms with Gasteiger partial charge in [-0.05, 0) is 48.7 Å². The molecule has 3 N–H and O–H groups in total. The standard InChI is InChI=1S/C20H23N3O2/c1-14-18-5-3-2-4-15(18)10-12-23(14)13-11-19(24)22-17-8-6-16(7-9-17)20(21)25/h2-9,14H,10-13H2,1H3,(H2,21,25)(H,22,24)/t14-/m0/s1. The van der Waals surface area contributed by atoms with E-state index in [2.05, 4.69) is 41.4 Å². The van der Waals surface area contributed by atoms with Crippen LogP contribution < -0.4 is 11.1 Å². The van der Waals surface area contributed by atoms with Crippen molar-refractivity contribution >= 4 is 17.5 Å². The molecule has 2 aromatic carbocycles. The molecule has 2 aromatic rings. The summed E-state index contributed by atoms with van der Waals surface area (Å²) in [5, 5.41) is 2.86. The average molecular weight is 337 g/mol. The molecular formula is C20H23N3O2. The number of benzene rings is 2. The number of nitrogens with two attached hydrogens (primary N) is 1. The Hall–Kier alpha value is -2.66. The molecule has 1 aliphatic rings. The zero-order chi connectivity index (χ0) is 17.8. The van der Waals surface area contributed by atoms with Gasteiger partial charge < -0.3 is 11.1 Å². The van der Waals surface area contributed by atoms with Crippen molar-refractivity contribution in [3.05, 3.63) is 65.2 Å². The van der Waals surface area contributed by atoms with Gasteiger partial charge in [0.1, 0.15) is 0 Å². The van der Waals surface area contributed by atoms with Gasteiger partial charge in [-0.1, -0.05) is 24.3 Å². The molecule has 0 radical (unpaired) electrons. The van der Waals surface area contributed by atoms with Gasteiger partial charge >= 0.3 is 0 Å². The van der Waals surface area contributed by atoms with Gasteiger partial charge in [-0.2, -0.15) is 0 Å². The Morgan fingerprint density at radius 3 is 2.60 bits per heavy atom. The van der Waals surface area contributed by atoms with Crippen molar-refractivity contribution in [2.75, 3.05) is 18.4 Å². The first-order valence-electron chi connectivity index (χ1n) is 8.56. The quantitative estimate of drug-likeness (QED) is 0.881. The number of anilines is 1. The molecule has 130 valence electrons. The fourth-order valence-corrected chi connectivity index (χ4v) is 3.32. The maximum atomic E-state index is 12.2. The van der Waals surface area contributed by atoms with E-state index in [-0.39, 0.29) is 5.91 Å². The Kier molecular flexibility index (Phi) is 5.14. The molecule has 0 spiro atoms. The number of primary amides is 1. The lowest BCUT2D eigenvalue weighted by Crippen LogP contribution is -2.36. The van der Waals surface area contributed by atoms with E-state index in [1.165, 1.54) is 11.1 Å². The van der Waals surface area contributed by atoms with E-state index < -0.39 is 5.91 Å². The molecule has 5 heteroatoms. The third-order valence-electron chi connectivity index (χ3n) is 4.80. The number of carbonyl (C=O) groups excluding carboxylic acids is 2. The molecule has 0 unspecified atom stereocenters. The van der Waals surface area contributed by atoms with Gasteiger partial charge in [-0.25, -0.2) is 0 Å². The van der Waals surface area contributed by atoms with Gasteiger partial charge in [0.05, 0.1) is 0 Å². The Labute approximate surface area is 147 Å². The van der Waals surface area contributed by atoms with Crippen LogP contribution in [0.5, 0.6) is 0 Å². The van der Waals surface area contributed by atoms with Crippen LogP contribution in [0.1, 0.15) is 40.9 Å². The molecule has 3 rings (SSSR count). The second kappa shape index (κ2) is 7.49. The lowest BCUT2D eigenvalue weighted by molar-refractivity contribution is -0.116. The second-order valence-electron chi connectivity index (χ2n) is 6.40. The molecule has 0 bridgehead atoms. The number of hydrogen-bond acceptors (Lipinski definition) is 3. The highest BCUT2D eigenvalue weighted by Crippen LogP contribution is 2.29. The van der Waals surface area contributed by atoms with Crippen molar-refractivity contribution in [2.24, 2.45) is 5.73 Å². The van der Waals surface area contributed by atoms with Crippen molar-refractivity contribution in [3.8, 4) is 0 Å². The largest absolute Gasteiger partial charge is 0.366 e. The van der Waals surface area contributed by atoms with E-state index in [9.17, 15) is 9.59 Å². The fourth-order valence-electron chi connectivity index (χ4n) is 3.32. The molecule has 0 fully saturated rings. The van der Waals surface area contributed by atoms with Gasteiger partial charge in [0.2, 0.25) is 11.8 Å². The molecule has 0 saturated heterocycles. The molecule has 0 aromatic heterocycles. The van der Waals surface area contributed by atoms with Crippen LogP contribution in [0.4, 0.5) is 5.69 Å². The van der Waals surface area contributed by atoms with Crippen molar-refractivity contribution in [1.82, 2.24) is 4.90 Å². The van der Waals surface area contributed by atoms with Crippen LogP contribution in [0, 0.1) is 0 Å². The lowest BCUT2D eigenvalue weighted by Gasteiger charge is -2.35. The zero-order valence-electron chi connectivity index (χ0n) is 14.4. The third kappa shape index (κ3) is 4.06. The van der Waals surface area contributed by atoms with E-state index in [0.717, 1.165) is 19.5 Å². The van der Waals surface area contributed by atoms with E-state index >= 15 is 0 Å². The van der Waals surface area contributed by atoms with Crippen molar-refractivity contribution in [2.45, 2.75) is 25.8 Å². The first kappa shape index (κ1) is 17.2. The van der Waals surface area contributed by atoms with Gasteiger partial charge in [0.25, 0.3) is 0 Å². The van der Waals surface area contributed by atoms with Crippen molar-refractivity contribution < 1.29 is 9.59 Å². The molecule has 1 aliphatic heterocycles. The number of nitrogens with zero attached hydrogens (tertiary/aromatic N) is 1. The number of amides is 2. The summed E-state index contributed by atoms with van der Waals surface area (Å²) in [4.78, 5) is 25.6. The highest BCUT2D eigenvalue weighted by atomic mass is 16.2. The summed E-state index contributed by atoms with van der Waals surface area (Å²) in [5.74, 6) is -0.505. The SMILES string of the molecule is C[C@H]1c2ccccc2CCN1CCC(=O)Nc1ccc(C(N)=O)cc1. The van der Waals surface area contributed by atoms with E-state index in [1.807, 2.05) is 0 Å². The molecule has 25 heavy (non-hydrogen) atoms. The summed E-state index contributed by atoms with van der Waals surface area (Å²) >= 11 is 0. The second-order valence-corrected chi connectivity index (χ2v) is 6.40. The summed E-state index contributed by atoms with van der Waals surface area (Å²) in [6, 6.07) is 15.4. The van der Waals surface area contributed by atoms with Crippen LogP contribution in [-0.4, -0.2) is 29.8 Å². The maximum Gasteiger partial charge on any atom is 0.248 e. The minimum absolute atomic E-state index is 0.0297. The van der Waals surface area contributed by atoms with Gasteiger partial charge in [0, 0.05) is 36.8 Å². The first-order valence-corrected chi connectivity index (χ1v) is 8.56. The molecule has 1 atom stereocenters. The van der Waals surface area contributed by atoms with Crippen molar-refractivity contribution in [1.29, 1.82) is 0 Å². The van der Waals surface area contributed by atoms with Crippen LogP contribution in [0.2, 0.25) is 0 Å². The number of fused-ring (bicyclic) bond motifs is 1. The predicted molar refractivity (Wildman–Crippen MR) is 98.3 cm³/mol. The third-order valence-corrected chi connectivity index (χ3v) is 4.80. The minimum Gasteiger partial charge on any atom is -0.366 e. The van der Waals surface area contributed by atoms with E-state index in [0.29, 0.717) is 23.7 Å². The summed E-state index contributed by atoms with van der Waals surface area (Å²) in [5.41, 5.74) is 9.08. The highest BCUT2D eigenvalue weighted by molar-refractivity contribution is 5.94. The van der Waals surface area contributed by atoms with Crippen molar-refractivity contribution in [3.63, 3.8) is 0 Å². The average Bonchev–Trinajstić information content (AvgIpc) is 2.62. The molecule has 5 nitrogen and oxygen atoms in total. The summed E-state index contributed by atoms with van der Waals surface area (Å²) in [6.07, 6.45) is 1.46. The monoisotopic (exact) mass is 337 g/mol. The Bertz CT molecular complexity index is 771. The smallest absolute Gasteiger partial charge is 0.248 e. The van der Waals surface area contributed by atoms with Crippen LogP contribution in [0.3, 0.4) is 0 Å². The minimum atomic E-state index is -0.475. The Morgan fingerprint density at radius 1 is 1.16 bits per heavy atom. The molecule has 0 saturated carbocycles. The fraction of sp³-hybridized carbons (Fsp3) is 0.300. The first-order chi connectivity index (χ1) is 12.0. The molecular weight excluding hydrogens is 314 g/mol. The normalized spacial score (nSPS) is 16.9. The zero-order valence-corrected chi connectivity index (χ0v) is 14.4. The summed E-state index contributed by atoms with van der Waals surface area (Å²) in [6.45, 7) is 3.89. The molecule has 2 amide bonds. The number of carbonyl (C=O) groups is 2. The Balaban J connectivity index is 1.53. The van der Waals surface area contributed by atoms with Crippen LogP contribution in [0.15, 0.2) is 48.5 Å². The van der Waals surface area contributed by atoms with Gasteiger partial charge in [-0.3, -0.25) is 14.5 Å². The highest BCUT2D eigenvalue weighted by Gasteiger charge is 2.23. The van der Waals surface area contributed by atoms with E-state index in [4.69, 9.17) is 5.73 Å². The van der Waals surface area contributed by atoms with Crippen LogP contribution >= 0.6 is 0 Å². The Morgan fingerprint density at radius 2 is 1.88 bits per heavy atom. The maximum absolute atomic E-state index is 12.2. The summed E-state index contributed by atoms with van der Waals surface area (Å²) in [7, 11) is 0. The molecule has 0 aliphatic carbocycles. The molecule has 1 heterocycles. The van der Waals surface area contributed by atoms with Gasteiger partial charge in [0.15, 0.2) is 0 Å². The predicted octanol–water partition coefficient (Wildman–Crippen LogP) is 2.73. The summed E-state index contributed by atoms with van der Waals surface area (Å²) < 4.78 is 0. The van der Waals surface area contributed by atoms with Crippen LogP contribution in [-0.2, 0) is 11.2 Å².